The van der Waals surface area contributed by atoms with Crippen molar-refractivity contribution in [3.05, 3.63) is 59.7 Å². The van der Waals surface area contributed by atoms with Crippen LogP contribution in [0.15, 0.2) is 48.5 Å². The second-order valence-corrected chi connectivity index (χ2v) is 5.33. The molecule has 2 aromatic rings. The third-order valence-electron chi connectivity index (χ3n) is 3.61. The number of ether oxygens (including phenoxy) is 1. The lowest BCUT2D eigenvalue weighted by Gasteiger charge is -2.19. The summed E-state index contributed by atoms with van der Waals surface area (Å²) in [5.41, 5.74) is 3.56. The summed E-state index contributed by atoms with van der Waals surface area (Å²) in [6.45, 7) is 4.00. The number of carbonyl (C=O) groups excluding carboxylic acids is 2. The molecule has 0 fully saturated rings. The van der Waals surface area contributed by atoms with Crippen LogP contribution >= 0.6 is 0 Å². The molecule has 0 aliphatic carbocycles. The van der Waals surface area contributed by atoms with Crippen LogP contribution in [0.4, 0.5) is 0 Å². The fraction of sp³-hybridized carbons (Fsp3) is 0.263. The van der Waals surface area contributed by atoms with Gasteiger partial charge in [0.05, 0.1) is 6.61 Å². The van der Waals surface area contributed by atoms with Gasteiger partial charge in [-0.2, -0.15) is 0 Å². The predicted molar refractivity (Wildman–Crippen MR) is 90.2 cm³/mol. The second kappa shape index (κ2) is 7.58. The zero-order valence-electron chi connectivity index (χ0n) is 13.7. The molecule has 0 atom stereocenters. The van der Waals surface area contributed by atoms with Crippen LogP contribution in [0.5, 0.6) is 0 Å². The van der Waals surface area contributed by atoms with E-state index < -0.39 is 5.97 Å². The van der Waals surface area contributed by atoms with Crippen molar-refractivity contribution in [2.45, 2.75) is 13.8 Å². The molecule has 0 spiro atoms. The van der Waals surface area contributed by atoms with Gasteiger partial charge in [-0.15, -0.1) is 0 Å². The van der Waals surface area contributed by atoms with E-state index in [-0.39, 0.29) is 12.5 Å². The lowest BCUT2D eigenvalue weighted by Crippen LogP contribution is -2.33. The number of hydrogen-bond acceptors (Lipinski definition) is 3. The molecule has 1 amide bonds. The molecule has 0 saturated heterocycles. The first-order chi connectivity index (χ1) is 11.0. The first-order valence-corrected chi connectivity index (χ1v) is 7.60. The van der Waals surface area contributed by atoms with Crippen LogP contribution in [-0.4, -0.2) is 37.0 Å². The Kier molecular flexibility index (Phi) is 5.52. The van der Waals surface area contributed by atoms with Crippen LogP contribution in [0, 0.1) is 6.92 Å². The van der Waals surface area contributed by atoms with Crippen LogP contribution in [0.3, 0.4) is 0 Å². The fourth-order valence-electron chi connectivity index (χ4n) is 2.46. The Hall–Kier alpha value is -2.62. The average molecular weight is 311 g/mol. The zero-order chi connectivity index (χ0) is 16.8. The number of rotatable bonds is 5. The maximum absolute atomic E-state index is 12.7. The van der Waals surface area contributed by atoms with Gasteiger partial charge in [-0.25, -0.2) is 0 Å². The molecule has 0 unspecified atom stereocenters. The van der Waals surface area contributed by atoms with E-state index in [9.17, 15) is 9.59 Å². The fourth-order valence-corrected chi connectivity index (χ4v) is 2.46. The number of benzene rings is 2. The highest BCUT2D eigenvalue weighted by Gasteiger charge is 2.19. The van der Waals surface area contributed by atoms with Crippen molar-refractivity contribution in [1.82, 2.24) is 4.90 Å². The van der Waals surface area contributed by atoms with Crippen molar-refractivity contribution < 1.29 is 14.3 Å². The van der Waals surface area contributed by atoms with E-state index in [1.807, 2.05) is 49.4 Å². The lowest BCUT2D eigenvalue weighted by atomic mass is 9.95. The van der Waals surface area contributed by atoms with Crippen molar-refractivity contribution >= 4 is 11.9 Å². The minimum absolute atomic E-state index is 0.0607. The molecular formula is C19H21NO3. The van der Waals surface area contributed by atoms with Gasteiger partial charge in [-0.05, 0) is 36.6 Å². The quantitative estimate of drug-likeness (QED) is 0.796. The van der Waals surface area contributed by atoms with E-state index >= 15 is 0 Å². The molecule has 0 heterocycles. The third kappa shape index (κ3) is 3.97. The molecule has 120 valence electrons. The van der Waals surface area contributed by atoms with Crippen molar-refractivity contribution in [3.63, 3.8) is 0 Å². The normalized spacial score (nSPS) is 10.2. The van der Waals surface area contributed by atoms with Crippen molar-refractivity contribution in [2.24, 2.45) is 0 Å². The smallest absolute Gasteiger partial charge is 0.325 e. The van der Waals surface area contributed by atoms with Crippen LogP contribution < -0.4 is 0 Å². The number of aryl methyl sites for hydroxylation is 1. The van der Waals surface area contributed by atoms with Crippen LogP contribution in [0.2, 0.25) is 0 Å². The standard InChI is InChI=1S/C19H21NO3/c1-4-23-18(21)13-20(3)19(22)17-12-8-7-11-16(17)15-10-6-5-9-14(15)2/h5-12H,4,13H2,1-3H3. The highest BCUT2D eigenvalue weighted by Crippen LogP contribution is 2.27. The first kappa shape index (κ1) is 16.7. The van der Waals surface area contributed by atoms with Crippen molar-refractivity contribution in [1.29, 1.82) is 0 Å². The molecule has 0 N–H and O–H groups in total. The van der Waals surface area contributed by atoms with Crippen LogP contribution in [0.25, 0.3) is 11.1 Å². The minimum Gasteiger partial charge on any atom is -0.465 e. The topological polar surface area (TPSA) is 46.6 Å². The Bertz CT molecular complexity index is 709. The second-order valence-electron chi connectivity index (χ2n) is 5.33. The molecule has 2 aromatic carbocycles. The maximum Gasteiger partial charge on any atom is 0.325 e. The molecule has 0 saturated carbocycles. The molecular weight excluding hydrogens is 290 g/mol. The molecule has 4 nitrogen and oxygen atoms in total. The summed E-state index contributed by atoms with van der Waals surface area (Å²) in [5.74, 6) is -0.603. The minimum atomic E-state index is -0.406. The number of esters is 1. The third-order valence-corrected chi connectivity index (χ3v) is 3.61. The Morgan fingerprint density at radius 3 is 2.26 bits per heavy atom. The molecule has 2 rings (SSSR count). The van der Waals surface area contributed by atoms with E-state index in [4.69, 9.17) is 4.74 Å². The summed E-state index contributed by atoms with van der Waals surface area (Å²) >= 11 is 0. The first-order valence-electron chi connectivity index (χ1n) is 7.60. The van der Waals surface area contributed by atoms with Gasteiger partial charge in [-0.3, -0.25) is 9.59 Å². The van der Waals surface area contributed by atoms with E-state index in [0.29, 0.717) is 12.2 Å². The van der Waals surface area contributed by atoms with Gasteiger partial charge in [0, 0.05) is 12.6 Å². The number of hydrogen-bond donors (Lipinski definition) is 0. The van der Waals surface area contributed by atoms with Gasteiger partial charge in [-0.1, -0.05) is 42.5 Å². The SMILES string of the molecule is CCOC(=O)CN(C)C(=O)c1ccccc1-c1ccccc1C. The summed E-state index contributed by atoms with van der Waals surface area (Å²) in [4.78, 5) is 25.7. The van der Waals surface area contributed by atoms with Crippen molar-refractivity contribution in [3.8, 4) is 11.1 Å². The van der Waals surface area contributed by atoms with Gasteiger partial charge in [0.2, 0.25) is 0 Å². The molecule has 0 aliphatic rings. The summed E-state index contributed by atoms with van der Waals surface area (Å²) in [7, 11) is 1.61. The van der Waals surface area contributed by atoms with Crippen LogP contribution in [0.1, 0.15) is 22.8 Å². The molecule has 4 heteroatoms. The molecule has 0 radical (unpaired) electrons. The maximum atomic E-state index is 12.7. The molecule has 0 aromatic heterocycles. The van der Waals surface area contributed by atoms with E-state index in [0.717, 1.165) is 16.7 Å². The molecule has 0 aliphatic heterocycles. The highest BCUT2D eigenvalue weighted by atomic mass is 16.5. The number of nitrogens with zero attached hydrogens (tertiary/aromatic N) is 1. The molecule has 0 bridgehead atoms. The Morgan fingerprint density at radius 1 is 1.00 bits per heavy atom. The number of carbonyl (C=O) groups is 2. The Morgan fingerprint density at radius 2 is 1.61 bits per heavy atom. The average Bonchev–Trinajstić information content (AvgIpc) is 2.55. The van der Waals surface area contributed by atoms with Crippen LogP contribution in [-0.2, 0) is 9.53 Å². The predicted octanol–water partition coefficient (Wildman–Crippen LogP) is 3.30. The Labute approximate surface area is 136 Å². The van der Waals surface area contributed by atoms with Gasteiger partial charge in [0.15, 0.2) is 0 Å². The van der Waals surface area contributed by atoms with Gasteiger partial charge < -0.3 is 9.64 Å². The lowest BCUT2D eigenvalue weighted by molar-refractivity contribution is -0.143. The van der Waals surface area contributed by atoms with E-state index in [1.165, 1.54) is 4.90 Å². The highest BCUT2D eigenvalue weighted by molar-refractivity contribution is 6.02. The Balaban J connectivity index is 2.32. The van der Waals surface area contributed by atoms with E-state index in [1.54, 1.807) is 20.0 Å². The summed E-state index contributed by atoms with van der Waals surface area (Å²) < 4.78 is 4.90. The van der Waals surface area contributed by atoms with Gasteiger partial charge in [0.25, 0.3) is 5.91 Å². The summed E-state index contributed by atoms with van der Waals surface area (Å²) in [6.07, 6.45) is 0. The zero-order valence-corrected chi connectivity index (χ0v) is 13.7. The molecule has 23 heavy (non-hydrogen) atoms. The van der Waals surface area contributed by atoms with Gasteiger partial charge >= 0.3 is 5.97 Å². The largest absolute Gasteiger partial charge is 0.465 e. The van der Waals surface area contributed by atoms with E-state index in [2.05, 4.69) is 0 Å². The number of likely N-dealkylation sites (N-methyl/N-ethyl adjacent to an activating group) is 1. The monoisotopic (exact) mass is 311 g/mol. The summed E-state index contributed by atoms with van der Waals surface area (Å²) in [6, 6.07) is 15.4. The van der Waals surface area contributed by atoms with Gasteiger partial charge in [0.1, 0.15) is 6.54 Å². The number of amides is 1. The van der Waals surface area contributed by atoms with Crippen molar-refractivity contribution in [2.75, 3.05) is 20.2 Å². The summed E-state index contributed by atoms with van der Waals surface area (Å²) in [5, 5.41) is 0.